The van der Waals surface area contributed by atoms with Gasteiger partial charge in [-0.25, -0.2) is 0 Å². The topological polar surface area (TPSA) is 9.23 Å². The molecule has 0 heterocycles. The highest BCUT2D eigenvalue weighted by molar-refractivity contribution is 5.59. The minimum absolute atomic E-state index is 0.904. The largest absolute Gasteiger partial charge is 0.496 e. The fraction of sp³-hybridized carbons (Fsp3) is 0.600. The molecule has 0 aliphatic heterocycles. The van der Waals surface area contributed by atoms with Crippen LogP contribution in [0.3, 0.4) is 0 Å². The fourth-order valence-electron chi connectivity index (χ4n) is 6.60. The van der Waals surface area contributed by atoms with E-state index in [1.807, 2.05) is 7.11 Å². The molecule has 0 N–H and O–H groups in total. The molecule has 0 saturated heterocycles. The van der Waals surface area contributed by atoms with E-state index in [-0.39, 0.29) is 0 Å². The van der Waals surface area contributed by atoms with Gasteiger partial charge in [-0.1, -0.05) is 12.1 Å². The Hall–Kier alpha value is -0.980. The highest BCUT2D eigenvalue weighted by atomic mass is 16.5. The highest BCUT2D eigenvalue weighted by Crippen LogP contribution is 2.94. The number of ether oxygens (including phenoxy) is 1. The van der Waals surface area contributed by atoms with E-state index in [4.69, 9.17) is 4.74 Å². The molecule has 4 unspecified atom stereocenters. The monoisotopic (exact) mass is 210 g/mol. The van der Waals surface area contributed by atoms with E-state index >= 15 is 0 Å². The predicted molar refractivity (Wildman–Crippen MR) is 59.4 cm³/mol. The number of methoxy groups -OCH3 is 1. The van der Waals surface area contributed by atoms with E-state index in [1.165, 1.54) is 11.7 Å². The van der Waals surface area contributed by atoms with Crippen LogP contribution in [0.5, 0.6) is 5.75 Å². The average molecular weight is 210 g/mol. The van der Waals surface area contributed by atoms with Gasteiger partial charge in [-0.05, 0) is 59.0 Å². The van der Waals surface area contributed by atoms with Gasteiger partial charge in [-0.2, -0.15) is 0 Å². The molecule has 1 nitrogen and oxygen atoms in total. The molecule has 16 heavy (non-hydrogen) atoms. The molecule has 4 atom stereocenters. The number of rotatable bonds is 1. The molecule has 2 bridgehead atoms. The Labute approximate surface area is 94.8 Å². The van der Waals surface area contributed by atoms with Crippen LogP contribution in [0.2, 0.25) is 0 Å². The number of hydrogen-bond acceptors (Lipinski definition) is 1. The lowest BCUT2D eigenvalue weighted by molar-refractivity contribution is -0.407. The molecule has 0 aromatic heterocycles. The van der Waals surface area contributed by atoms with Gasteiger partial charge in [-0.3, -0.25) is 0 Å². The minimum atomic E-state index is 0.904. The van der Waals surface area contributed by atoms with Crippen molar-refractivity contribution in [2.24, 2.45) is 35.5 Å². The first-order valence-electron chi connectivity index (χ1n) is 6.60. The van der Waals surface area contributed by atoms with Crippen LogP contribution < -0.4 is 4.74 Å². The molecular formula is C15H14O. The summed E-state index contributed by atoms with van der Waals surface area (Å²) in [5, 5.41) is 0. The van der Waals surface area contributed by atoms with E-state index in [1.54, 1.807) is 11.1 Å². The van der Waals surface area contributed by atoms with Gasteiger partial charge in [0.2, 0.25) is 0 Å². The van der Waals surface area contributed by atoms with Crippen LogP contribution in [0.15, 0.2) is 18.2 Å². The molecule has 1 heteroatoms. The van der Waals surface area contributed by atoms with Crippen molar-refractivity contribution in [2.45, 2.75) is 11.8 Å². The number of hydrogen-bond donors (Lipinski definition) is 0. The Morgan fingerprint density at radius 3 is 2.25 bits per heavy atom. The maximum atomic E-state index is 5.59. The molecule has 0 amide bonds. The molecule has 1 aromatic rings. The van der Waals surface area contributed by atoms with Gasteiger partial charge >= 0.3 is 0 Å². The SMILES string of the molecule is COc1cccc2c1C1C3C4C2C2C1C3C42. The van der Waals surface area contributed by atoms with Crippen molar-refractivity contribution in [2.75, 3.05) is 7.11 Å². The maximum absolute atomic E-state index is 5.59. The first kappa shape index (κ1) is 7.37. The highest BCUT2D eigenvalue weighted by Gasteiger charge is 2.89. The van der Waals surface area contributed by atoms with Gasteiger partial charge in [0.15, 0.2) is 0 Å². The summed E-state index contributed by atoms with van der Waals surface area (Å²) in [5.74, 6) is 9.72. The Balaban J connectivity index is 1.69. The molecule has 6 aliphatic rings. The summed E-state index contributed by atoms with van der Waals surface area (Å²) < 4.78 is 5.59. The van der Waals surface area contributed by atoms with Crippen LogP contribution in [0, 0.1) is 35.5 Å². The molecule has 80 valence electrons. The standard InChI is InChI=1S/C15H14O/c1-16-6-4-2-3-5-7(6)9-12-10-8(5)11-13(9)15(12)14(10)11/h2-4,8-15H,1H3. The molecule has 1 aromatic carbocycles. The van der Waals surface area contributed by atoms with Crippen molar-refractivity contribution in [1.82, 2.24) is 0 Å². The molecule has 4 fully saturated rings. The van der Waals surface area contributed by atoms with Crippen LogP contribution in [-0.2, 0) is 0 Å². The Bertz CT molecular complexity index is 528. The van der Waals surface area contributed by atoms with E-state index < -0.39 is 0 Å². The summed E-state index contributed by atoms with van der Waals surface area (Å²) in [7, 11) is 1.83. The third kappa shape index (κ3) is 0.419. The molecule has 7 rings (SSSR count). The van der Waals surface area contributed by atoms with E-state index in [9.17, 15) is 0 Å². The summed E-state index contributed by atoms with van der Waals surface area (Å²) >= 11 is 0. The van der Waals surface area contributed by atoms with Gasteiger partial charge in [0.25, 0.3) is 0 Å². The number of benzene rings is 1. The lowest BCUT2D eigenvalue weighted by Crippen LogP contribution is -2.87. The molecule has 0 radical (unpaired) electrons. The first-order chi connectivity index (χ1) is 7.93. The summed E-state index contributed by atoms with van der Waals surface area (Å²) in [5.41, 5.74) is 3.29. The van der Waals surface area contributed by atoms with Crippen molar-refractivity contribution < 1.29 is 4.74 Å². The maximum Gasteiger partial charge on any atom is 0.122 e. The van der Waals surface area contributed by atoms with E-state index in [0.717, 1.165) is 41.4 Å². The van der Waals surface area contributed by atoms with Crippen molar-refractivity contribution in [3.63, 3.8) is 0 Å². The Kier molecular flexibility index (Phi) is 0.843. The summed E-state index contributed by atoms with van der Waals surface area (Å²) in [4.78, 5) is 0. The normalized spacial score (nSPS) is 59.6. The van der Waals surface area contributed by atoms with Gasteiger partial charge in [0, 0.05) is 5.56 Å². The first-order valence-corrected chi connectivity index (χ1v) is 6.60. The zero-order valence-electron chi connectivity index (χ0n) is 9.26. The van der Waals surface area contributed by atoms with E-state index in [2.05, 4.69) is 18.2 Å². The van der Waals surface area contributed by atoms with Crippen molar-refractivity contribution in [1.29, 1.82) is 0 Å². The fourth-order valence-corrected chi connectivity index (χ4v) is 6.60. The second-order valence-corrected chi connectivity index (χ2v) is 6.48. The van der Waals surface area contributed by atoms with Crippen LogP contribution in [0.1, 0.15) is 23.0 Å². The predicted octanol–water partition coefficient (Wildman–Crippen LogP) is 2.63. The van der Waals surface area contributed by atoms with Gasteiger partial charge in [0.05, 0.1) is 7.11 Å². The third-order valence-electron chi connectivity index (χ3n) is 6.78. The van der Waals surface area contributed by atoms with Crippen molar-refractivity contribution in [3.05, 3.63) is 29.3 Å². The zero-order chi connectivity index (χ0) is 10.2. The Morgan fingerprint density at radius 1 is 0.875 bits per heavy atom. The molecular weight excluding hydrogens is 196 g/mol. The van der Waals surface area contributed by atoms with Crippen molar-refractivity contribution in [3.8, 4) is 5.75 Å². The molecule has 0 spiro atoms. The lowest BCUT2D eigenvalue weighted by Gasteiger charge is -2.92. The van der Waals surface area contributed by atoms with E-state index in [0.29, 0.717) is 0 Å². The van der Waals surface area contributed by atoms with Crippen LogP contribution in [-0.4, -0.2) is 7.11 Å². The van der Waals surface area contributed by atoms with Crippen LogP contribution in [0.25, 0.3) is 0 Å². The quantitative estimate of drug-likeness (QED) is 0.692. The van der Waals surface area contributed by atoms with Gasteiger partial charge < -0.3 is 4.74 Å². The second kappa shape index (κ2) is 1.83. The van der Waals surface area contributed by atoms with Gasteiger partial charge in [-0.15, -0.1) is 0 Å². The second-order valence-electron chi connectivity index (χ2n) is 6.48. The third-order valence-corrected chi connectivity index (χ3v) is 6.78. The summed E-state index contributed by atoms with van der Waals surface area (Å²) in [6.07, 6.45) is 0. The molecule has 4 saturated carbocycles. The zero-order valence-corrected chi connectivity index (χ0v) is 9.26. The summed E-state index contributed by atoms with van der Waals surface area (Å²) in [6, 6.07) is 6.74. The van der Waals surface area contributed by atoms with Crippen molar-refractivity contribution >= 4 is 0 Å². The lowest BCUT2D eigenvalue weighted by atomic mass is 9.11. The van der Waals surface area contributed by atoms with Crippen LogP contribution in [0.4, 0.5) is 0 Å². The smallest absolute Gasteiger partial charge is 0.122 e. The van der Waals surface area contributed by atoms with Crippen LogP contribution >= 0.6 is 0 Å². The average Bonchev–Trinajstić information content (AvgIpc) is 2.29. The summed E-state index contributed by atoms with van der Waals surface area (Å²) in [6.45, 7) is 0. The minimum Gasteiger partial charge on any atom is -0.496 e. The van der Waals surface area contributed by atoms with Gasteiger partial charge in [0.1, 0.15) is 5.75 Å². The molecule has 6 aliphatic carbocycles. The Morgan fingerprint density at radius 2 is 1.56 bits per heavy atom.